The highest BCUT2D eigenvalue weighted by Crippen LogP contribution is 2.31. The summed E-state index contributed by atoms with van der Waals surface area (Å²) in [6.07, 6.45) is 3.32. The molecule has 3 heterocycles. The molecule has 11 heteroatoms. The summed E-state index contributed by atoms with van der Waals surface area (Å²) in [5, 5.41) is 2.22. The van der Waals surface area contributed by atoms with Gasteiger partial charge >= 0.3 is 0 Å². The van der Waals surface area contributed by atoms with Gasteiger partial charge in [-0.05, 0) is 74.7 Å². The Hall–Kier alpha value is -4.25. The average molecular weight is 549 g/mol. The van der Waals surface area contributed by atoms with Crippen molar-refractivity contribution >= 4 is 35.8 Å². The van der Waals surface area contributed by atoms with E-state index in [1.54, 1.807) is 36.4 Å². The Morgan fingerprint density at radius 1 is 0.850 bits per heavy atom. The molecule has 5 rings (SSSR count). The number of piperazine rings is 1. The van der Waals surface area contributed by atoms with Gasteiger partial charge in [-0.15, -0.1) is 0 Å². The zero-order valence-corrected chi connectivity index (χ0v) is 22.2. The number of rotatable bonds is 11. The molecule has 1 atom stereocenters. The van der Waals surface area contributed by atoms with Crippen LogP contribution < -0.4 is 19.7 Å². The predicted octanol–water partition coefficient (Wildman–Crippen LogP) is 1.99. The number of hydrogen-bond acceptors (Lipinski definition) is 9. The van der Waals surface area contributed by atoms with E-state index >= 15 is 0 Å². The average Bonchev–Trinajstić information content (AvgIpc) is 3.21. The Kier molecular flexibility index (Phi) is 8.40. The van der Waals surface area contributed by atoms with E-state index in [1.165, 1.54) is 0 Å². The van der Waals surface area contributed by atoms with Crippen molar-refractivity contribution in [1.82, 2.24) is 15.1 Å². The molecule has 0 aliphatic carbocycles. The largest absolute Gasteiger partial charge is 0.494 e. The van der Waals surface area contributed by atoms with E-state index in [-0.39, 0.29) is 18.7 Å². The molecule has 40 heavy (non-hydrogen) atoms. The van der Waals surface area contributed by atoms with E-state index < -0.39 is 23.8 Å². The standard InChI is InChI=1S/C29H32N4O7/c34-19-40-22-7-5-21(6-8-22)39-17-3-1-2-12-31-13-15-32(16-14-31)20-4-9-23-24(18-20)29(38)33(28(23)37)25-10-11-26(35)30-27(25)36/h4-9,18-19,25H,1-3,10-17H2,(H,30,35,36). The van der Waals surface area contributed by atoms with E-state index in [2.05, 4.69) is 15.1 Å². The van der Waals surface area contributed by atoms with E-state index in [9.17, 15) is 24.0 Å². The summed E-state index contributed by atoms with van der Waals surface area (Å²) >= 11 is 0. The Morgan fingerprint density at radius 3 is 2.30 bits per heavy atom. The predicted molar refractivity (Wildman–Crippen MR) is 144 cm³/mol. The normalized spacial score (nSPS) is 19.4. The molecule has 3 aliphatic heterocycles. The number of fused-ring (bicyclic) bond motifs is 1. The van der Waals surface area contributed by atoms with Crippen LogP contribution in [0.4, 0.5) is 5.69 Å². The number of amides is 4. The molecular weight excluding hydrogens is 516 g/mol. The fraction of sp³-hybridized carbons (Fsp3) is 0.414. The monoisotopic (exact) mass is 548 g/mol. The third-order valence-corrected chi connectivity index (χ3v) is 7.56. The molecule has 1 unspecified atom stereocenters. The molecule has 0 aromatic heterocycles. The third kappa shape index (κ3) is 5.99. The van der Waals surface area contributed by atoms with Crippen LogP contribution in [0.5, 0.6) is 11.5 Å². The summed E-state index contributed by atoms with van der Waals surface area (Å²) in [6.45, 7) is 5.45. The maximum absolute atomic E-state index is 13.1. The van der Waals surface area contributed by atoms with Crippen molar-refractivity contribution in [2.45, 2.75) is 38.1 Å². The Morgan fingerprint density at radius 2 is 1.57 bits per heavy atom. The molecule has 4 amide bonds. The van der Waals surface area contributed by atoms with Gasteiger partial charge in [0, 0.05) is 38.3 Å². The molecular formula is C29H32N4O7. The lowest BCUT2D eigenvalue weighted by atomic mass is 10.0. The number of nitrogens with zero attached hydrogens (tertiary/aromatic N) is 3. The minimum atomic E-state index is -0.959. The second kappa shape index (κ2) is 12.3. The van der Waals surface area contributed by atoms with Crippen LogP contribution in [0, 0.1) is 0 Å². The van der Waals surface area contributed by atoms with Crippen LogP contribution in [-0.4, -0.2) is 85.3 Å². The number of imide groups is 2. The van der Waals surface area contributed by atoms with Gasteiger partial charge in [-0.2, -0.15) is 0 Å². The first-order valence-electron chi connectivity index (χ1n) is 13.6. The molecule has 2 aromatic rings. The number of hydrogen-bond donors (Lipinski definition) is 1. The molecule has 2 saturated heterocycles. The highest BCUT2D eigenvalue weighted by atomic mass is 16.5. The molecule has 0 radical (unpaired) electrons. The van der Waals surface area contributed by atoms with Crippen molar-refractivity contribution in [2.24, 2.45) is 0 Å². The molecule has 0 spiro atoms. The van der Waals surface area contributed by atoms with Gasteiger partial charge in [-0.1, -0.05) is 0 Å². The smallest absolute Gasteiger partial charge is 0.298 e. The molecule has 11 nitrogen and oxygen atoms in total. The fourth-order valence-corrected chi connectivity index (χ4v) is 5.36. The van der Waals surface area contributed by atoms with E-state index in [0.717, 1.165) is 68.3 Å². The maximum Gasteiger partial charge on any atom is 0.298 e. The van der Waals surface area contributed by atoms with Crippen LogP contribution >= 0.6 is 0 Å². The molecule has 2 aromatic carbocycles. The van der Waals surface area contributed by atoms with Crippen molar-refractivity contribution in [3.05, 3.63) is 53.6 Å². The van der Waals surface area contributed by atoms with Crippen molar-refractivity contribution in [1.29, 1.82) is 0 Å². The lowest BCUT2D eigenvalue weighted by Gasteiger charge is -2.36. The van der Waals surface area contributed by atoms with Gasteiger partial charge in [-0.3, -0.25) is 39.1 Å². The van der Waals surface area contributed by atoms with Gasteiger partial charge in [0.1, 0.15) is 17.5 Å². The maximum atomic E-state index is 13.1. The van der Waals surface area contributed by atoms with Gasteiger partial charge in [0.15, 0.2) is 0 Å². The van der Waals surface area contributed by atoms with Crippen LogP contribution in [0.25, 0.3) is 0 Å². The molecule has 0 bridgehead atoms. The van der Waals surface area contributed by atoms with Gasteiger partial charge in [0.05, 0.1) is 17.7 Å². The molecule has 3 aliphatic rings. The van der Waals surface area contributed by atoms with Gasteiger partial charge in [0.2, 0.25) is 11.8 Å². The quantitative estimate of drug-likeness (QED) is 0.255. The van der Waals surface area contributed by atoms with E-state index in [1.807, 2.05) is 6.07 Å². The molecule has 1 N–H and O–H groups in total. The van der Waals surface area contributed by atoms with Gasteiger partial charge in [0.25, 0.3) is 18.3 Å². The molecule has 210 valence electrons. The number of anilines is 1. The Bertz CT molecular complexity index is 1290. The second-order valence-corrected chi connectivity index (χ2v) is 10.1. The lowest BCUT2D eigenvalue weighted by Crippen LogP contribution is -2.54. The van der Waals surface area contributed by atoms with Crippen LogP contribution in [0.3, 0.4) is 0 Å². The second-order valence-electron chi connectivity index (χ2n) is 10.1. The lowest BCUT2D eigenvalue weighted by molar-refractivity contribution is -0.136. The summed E-state index contributed by atoms with van der Waals surface area (Å²) in [5.41, 5.74) is 1.49. The number of ether oxygens (including phenoxy) is 2. The zero-order valence-electron chi connectivity index (χ0n) is 22.2. The van der Waals surface area contributed by atoms with Gasteiger partial charge in [-0.25, -0.2) is 0 Å². The van der Waals surface area contributed by atoms with E-state index in [4.69, 9.17) is 9.47 Å². The first kappa shape index (κ1) is 27.3. The number of nitrogens with one attached hydrogen (secondary N) is 1. The minimum absolute atomic E-state index is 0.0991. The highest BCUT2D eigenvalue weighted by molar-refractivity contribution is 6.23. The number of carbonyl (C=O) groups excluding carboxylic acids is 5. The van der Waals surface area contributed by atoms with Gasteiger partial charge < -0.3 is 14.4 Å². The first-order valence-corrected chi connectivity index (χ1v) is 13.6. The Balaban J connectivity index is 1.05. The summed E-state index contributed by atoms with van der Waals surface area (Å²) < 4.78 is 10.5. The zero-order chi connectivity index (χ0) is 28.1. The summed E-state index contributed by atoms with van der Waals surface area (Å²) in [5.74, 6) is -0.734. The number of carbonyl (C=O) groups is 5. The molecule has 2 fully saturated rings. The van der Waals surface area contributed by atoms with Crippen LogP contribution in [0.15, 0.2) is 42.5 Å². The van der Waals surface area contributed by atoms with Crippen LogP contribution in [0.1, 0.15) is 52.8 Å². The van der Waals surface area contributed by atoms with Crippen LogP contribution in [0.2, 0.25) is 0 Å². The highest BCUT2D eigenvalue weighted by Gasteiger charge is 2.44. The van der Waals surface area contributed by atoms with Crippen molar-refractivity contribution in [2.75, 3.05) is 44.2 Å². The minimum Gasteiger partial charge on any atom is -0.494 e. The Labute approximate surface area is 232 Å². The number of benzene rings is 2. The topological polar surface area (TPSA) is 126 Å². The third-order valence-electron chi connectivity index (χ3n) is 7.56. The van der Waals surface area contributed by atoms with Crippen molar-refractivity contribution < 1.29 is 33.4 Å². The molecule has 0 saturated carbocycles. The summed E-state index contributed by atoms with van der Waals surface area (Å²) in [7, 11) is 0. The summed E-state index contributed by atoms with van der Waals surface area (Å²) in [4.78, 5) is 65.8. The SMILES string of the molecule is O=COc1ccc(OCCCCCN2CCN(c3ccc4c(c3)C(=O)N(C3CCC(=O)NC3=O)C4=O)CC2)cc1. The van der Waals surface area contributed by atoms with E-state index in [0.29, 0.717) is 30.0 Å². The number of piperidine rings is 1. The van der Waals surface area contributed by atoms with Crippen molar-refractivity contribution in [3.8, 4) is 11.5 Å². The van der Waals surface area contributed by atoms with Crippen LogP contribution in [-0.2, 0) is 14.4 Å². The first-order chi connectivity index (χ1) is 19.4. The summed E-state index contributed by atoms with van der Waals surface area (Å²) in [6, 6.07) is 11.3. The fourth-order valence-electron chi connectivity index (χ4n) is 5.36. The van der Waals surface area contributed by atoms with Crippen molar-refractivity contribution in [3.63, 3.8) is 0 Å². The number of unbranched alkanes of at least 4 members (excludes halogenated alkanes) is 2.